The van der Waals surface area contributed by atoms with E-state index in [1.165, 1.54) is 6.07 Å². The fraction of sp³-hybridized carbons (Fsp3) is 0.360. The van der Waals surface area contributed by atoms with Crippen LogP contribution in [0.1, 0.15) is 12.0 Å². The molecule has 8 heteroatoms. The van der Waals surface area contributed by atoms with Crippen molar-refractivity contribution in [2.24, 2.45) is 5.92 Å². The van der Waals surface area contributed by atoms with E-state index >= 15 is 0 Å². The van der Waals surface area contributed by atoms with Gasteiger partial charge in [0.25, 0.3) is 0 Å². The summed E-state index contributed by atoms with van der Waals surface area (Å²) in [6, 6.07) is 12.4. The van der Waals surface area contributed by atoms with Crippen LogP contribution in [0, 0.1) is 11.7 Å². The first kappa shape index (κ1) is 21.8. The highest BCUT2D eigenvalue weighted by Gasteiger charge is 2.37. The lowest BCUT2D eigenvalue weighted by Gasteiger charge is -2.37. The lowest BCUT2D eigenvalue weighted by atomic mass is 10.1. The maximum absolute atomic E-state index is 14.1. The maximum atomic E-state index is 14.1. The van der Waals surface area contributed by atoms with Crippen molar-refractivity contribution < 1.29 is 14.0 Å². The molecular formula is C25H26ClFN4O2. The average Bonchev–Trinajstić information content (AvgIpc) is 3.40. The molecule has 172 valence electrons. The molecule has 2 fully saturated rings. The number of fused-ring (bicyclic) bond motifs is 1. The SMILES string of the molecule is O=C1C[C@@H](C(=O)N2CCN(c3ccccc3F)CC2)CN1CCc1c[nH]c2ccc(Cl)cc12. The number of carbonyl (C=O) groups is 2. The van der Waals surface area contributed by atoms with Crippen molar-refractivity contribution in [3.05, 3.63) is 65.1 Å². The highest BCUT2D eigenvalue weighted by molar-refractivity contribution is 6.31. The van der Waals surface area contributed by atoms with E-state index in [4.69, 9.17) is 11.6 Å². The Labute approximate surface area is 196 Å². The van der Waals surface area contributed by atoms with Crippen molar-refractivity contribution in [1.82, 2.24) is 14.8 Å². The summed E-state index contributed by atoms with van der Waals surface area (Å²) in [5.74, 6) is -0.504. The van der Waals surface area contributed by atoms with Crippen LogP contribution in [-0.2, 0) is 16.0 Å². The van der Waals surface area contributed by atoms with Crippen LogP contribution in [-0.4, -0.2) is 65.9 Å². The molecule has 0 unspecified atom stereocenters. The number of hydrogen-bond acceptors (Lipinski definition) is 3. The van der Waals surface area contributed by atoms with Gasteiger partial charge in [0.2, 0.25) is 11.8 Å². The van der Waals surface area contributed by atoms with Gasteiger partial charge in [0.15, 0.2) is 0 Å². The normalized spacial score (nSPS) is 19.0. The summed E-state index contributed by atoms with van der Waals surface area (Å²) >= 11 is 6.14. The first-order chi connectivity index (χ1) is 16.0. The van der Waals surface area contributed by atoms with Crippen LogP contribution in [0.2, 0.25) is 5.02 Å². The van der Waals surface area contributed by atoms with Crippen LogP contribution in [0.3, 0.4) is 0 Å². The molecule has 2 aromatic carbocycles. The van der Waals surface area contributed by atoms with Crippen LogP contribution in [0.4, 0.5) is 10.1 Å². The Hall–Kier alpha value is -3.06. The number of para-hydroxylation sites is 1. The quantitative estimate of drug-likeness (QED) is 0.621. The molecule has 2 aliphatic rings. The summed E-state index contributed by atoms with van der Waals surface area (Å²) in [5, 5.41) is 1.75. The van der Waals surface area contributed by atoms with E-state index in [1.807, 2.05) is 40.3 Å². The molecule has 0 spiro atoms. The summed E-state index contributed by atoms with van der Waals surface area (Å²) in [6.07, 6.45) is 2.92. The van der Waals surface area contributed by atoms with Gasteiger partial charge in [-0.15, -0.1) is 0 Å². The number of carbonyl (C=O) groups excluding carboxylic acids is 2. The number of halogens is 2. The fourth-order valence-electron chi connectivity index (χ4n) is 4.90. The van der Waals surface area contributed by atoms with Gasteiger partial charge in [-0.3, -0.25) is 9.59 Å². The molecule has 0 radical (unpaired) electrons. The zero-order valence-electron chi connectivity index (χ0n) is 18.3. The molecule has 5 rings (SSSR count). The number of anilines is 1. The van der Waals surface area contributed by atoms with Gasteiger partial charge in [-0.05, 0) is 42.3 Å². The Kier molecular flexibility index (Phi) is 5.98. The van der Waals surface area contributed by atoms with Gasteiger partial charge in [0.1, 0.15) is 5.82 Å². The molecule has 0 saturated carbocycles. The number of nitrogens with one attached hydrogen (secondary N) is 1. The van der Waals surface area contributed by atoms with Crippen molar-refractivity contribution >= 4 is 40.0 Å². The van der Waals surface area contributed by atoms with Crippen molar-refractivity contribution in [3.63, 3.8) is 0 Å². The summed E-state index contributed by atoms with van der Waals surface area (Å²) in [7, 11) is 0. The number of aromatic nitrogens is 1. The Morgan fingerprint density at radius 2 is 1.91 bits per heavy atom. The Morgan fingerprint density at radius 1 is 1.12 bits per heavy atom. The molecule has 33 heavy (non-hydrogen) atoms. The predicted octanol–water partition coefficient (Wildman–Crippen LogP) is 3.70. The molecule has 1 atom stereocenters. The Balaban J connectivity index is 1.16. The fourth-order valence-corrected chi connectivity index (χ4v) is 5.07. The second-order valence-corrected chi connectivity index (χ2v) is 9.19. The Bertz CT molecular complexity index is 1190. The predicted molar refractivity (Wildman–Crippen MR) is 127 cm³/mol. The molecule has 2 saturated heterocycles. The molecule has 2 amide bonds. The molecule has 3 aromatic rings. The molecule has 0 aliphatic carbocycles. The highest BCUT2D eigenvalue weighted by atomic mass is 35.5. The number of benzene rings is 2. The molecule has 6 nitrogen and oxygen atoms in total. The maximum Gasteiger partial charge on any atom is 0.228 e. The lowest BCUT2D eigenvalue weighted by molar-refractivity contribution is -0.136. The first-order valence-corrected chi connectivity index (χ1v) is 11.7. The minimum atomic E-state index is -0.310. The highest BCUT2D eigenvalue weighted by Crippen LogP contribution is 2.26. The number of nitrogens with zero attached hydrogens (tertiary/aromatic N) is 3. The topological polar surface area (TPSA) is 59.7 Å². The van der Waals surface area contributed by atoms with Crippen LogP contribution >= 0.6 is 11.6 Å². The molecule has 1 N–H and O–H groups in total. The van der Waals surface area contributed by atoms with E-state index < -0.39 is 0 Å². The molecule has 3 heterocycles. The van der Waals surface area contributed by atoms with E-state index in [-0.39, 0.29) is 30.0 Å². The first-order valence-electron chi connectivity index (χ1n) is 11.3. The van der Waals surface area contributed by atoms with Gasteiger partial charge < -0.3 is 19.7 Å². The minimum absolute atomic E-state index is 0.0243. The van der Waals surface area contributed by atoms with Gasteiger partial charge >= 0.3 is 0 Å². The van der Waals surface area contributed by atoms with E-state index in [0.29, 0.717) is 56.4 Å². The van der Waals surface area contributed by atoms with Gasteiger partial charge in [-0.2, -0.15) is 0 Å². The smallest absolute Gasteiger partial charge is 0.228 e. The second kappa shape index (κ2) is 9.06. The average molecular weight is 469 g/mol. The lowest BCUT2D eigenvalue weighted by Crippen LogP contribution is -2.51. The molecule has 2 aliphatic heterocycles. The van der Waals surface area contributed by atoms with E-state index in [0.717, 1.165) is 16.5 Å². The molecule has 1 aromatic heterocycles. The zero-order valence-corrected chi connectivity index (χ0v) is 19.0. The Morgan fingerprint density at radius 3 is 2.70 bits per heavy atom. The van der Waals surface area contributed by atoms with E-state index in [1.54, 1.807) is 17.0 Å². The third kappa shape index (κ3) is 4.42. The van der Waals surface area contributed by atoms with Gasteiger partial charge in [0.05, 0.1) is 11.6 Å². The summed E-state index contributed by atoms with van der Waals surface area (Å²) in [6.45, 7) is 3.26. The van der Waals surface area contributed by atoms with Crippen LogP contribution in [0.5, 0.6) is 0 Å². The monoisotopic (exact) mass is 468 g/mol. The number of rotatable bonds is 5. The second-order valence-electron chi connectivity index (χ2n) is 8.76. The number of amides is 2. The van der Waals surface area contributed by atoms with Crippen molar-refractivity contribution in [3.8, 4) is 0 Å². The number of likely N-dealkylation sites (tertiary alicyclic amines) is 1. The van der Waals surface area contributed by atoms with E-state index in [9.17, 15) is 14.0 Å². The van der Waals surface area contributed by atoms with E-state index in [2.05, 4.69) is 4.98 Å². The largest absolute Gasteiger partial charge is 0.366 e. The molecular weight excluding hydrogens is 443 g/mol. The van der Waals surface area contributed by atoms with Gasteiger partial charge in [-0.25, -0.2) is 4.39 Å². The third-order valence-corrected chi connectivity index (χ3v) is 6.96. The molecule has 0 bridgehead atoms. The van der Waals surface area contributed by atoms with Crippen molar-refractivity contribution in [1.29, 1.82) is 0 Å². The van der Waals surface area contributed by atoms with Gasteiger partial charge in [0, 0.05) is 67.8 Å². The number of piperazine rings is 1. The summed E-state index contributed by atoms with van der Waals surface area (Å²) < 4.78 is 14.1. The van der Waals surface area contributed by atoms with Crippen LogP contribution in [0.15, 0.2) is 48.7 Å². The van der Waals surface area contributed by atoms with Gasteiger partial charge in [-0.1, -0.05) is 23.7 Å². The summed E-state index contributed by atoms with van der Waals surface area (Å²) in [5.41, 5.74) is 2.70. The van der Waals surface area contributed by atoms with Crippen molar-refractivity contribution in [2.75, 3.05) is 44.2 Å². The van der Waals surface area contributed by atoms with Crippen molar-refractivity contribution in [2.45, 2.75) is 12.8 Å². The number of H-pyrrole nitrogens is 1. The standard InChI is InChI=1S/C25H26ClFN4O2/c26-19-5-6-22-20(14-19)17(15-28-22)7-8-31-16-18(13-24(31)32)25(33)30-11-9-29(10-12-30)23-4-2-1-3-21(23)27/h1-6,14-15,18,28H,7-13,16H2/t18-/m1/s1. The minimum Gasteiger partial charge on any atom is -0.366 e. The number of aromatic amines is 1. The van der Waals surface area contributed by atoms with Crippen LogP contribution < -0.4 is 4.90 Å². The zero-order chi connectivity index (χ0) is 22.9. The third-order valence-electron chi connectivity index (χ3n) is 6.73. The number of hydrogen-bond donors (Lipinski definition) is 1. The summed E-state index contributed by atoms with van der Waals surface area (Å²) in [4.78, 5) is 34.5. The van der Waals surface area contributed by atoms with Crippen LogP contribution in [0.25, 0.3) is 10.9 Å².